The fourth-order valence-corrected chi connectivity index (χ4v) is 3.70. The molecule has 0 saturated carbocycles. The van der Waals surface area contributed by atoms with Gasteiger partial charge < -0.3 is 24.9 Å². The Hall–Kier alpha value is -0.470. The molecule has 0 aromatic rings. The molecule has 0 bridgehead atoms. The summed E-state index contributed by atoms with van der Waals surface area (Å²) in [5.41, 5.74) is 0. The molecule has 0 aromatic carbocycles. The SMILES string of the molecule is CCCCCCCCCCCCCC/C=C\OC[C@@H](O)COP(=O)(O)OC[C@@H](O)CO. The number of phosphoric ester groups is 1. The predicted molar refractivity (Wildman–Crippen MR) is 122 cm³/mol. The summed E-state index contributed by atoms with van der Waals surface area (Å²) in [5, 5.41) is 27.4. The van der Waals surface area contributed by atoms with Crippen molar-refractivity contribution in [1.29, 1.82) is 0 Å². The lowest BCUT2D eigenvalue weighted by Gasteiger charge is -2.16. The van der Waals surface area contributed by atoms with Gasteiger partial charge in [0.05, 0.1) is 26.1 Å². The summed E-state index contributed by atoms with van der Waals surface area (Å²) in [6, 6.07) is 0. The van der Waals surface area contributed by atoms with E-state index in [0.717, 1.165) is 12.8 Å². The van der Waals surface area contributed by atoms with E-state index < -0.39 is 39.9 Å². The van der Waals surface area contributed by atoms with Gasteiger partial charge in [-0.3, -0.25) is 9.05 Å². The summed E-state index contributed by atoms with van der Waals surface area (Å²) in [6.07, 6.45) is 17.7. The quantitative estimate of drug-likeness (QED) is 0.0984. The van der Waals surface area contributed by atoms with E-state index in [0.29, 0.717) is 0 Å². The number of hydrogen-bond donors (Lipinski definition) is 4. The number of ether oxygens (including phenoxy) is 1. The minimum absolute atomic E-state index is 0.0752. The molecule has 0 heterocycles. The van der Waals surface area contributed by atoms with Crippen LogP contribution in [0.2, 0.25) is 0 Å². The second-order valence-electron chi connectivity index (χ2n) is 7.93. The minimum Gasteiger partial charge on any atom is -0.499 e. The molecule has 0 aliphatic carbocycles. The van der Waals surface area contributed by atoms with E-state index in [1.807, 2.05) is 6.08 Å². The number of allylic oxidation sites excluding steroid dienone is 1. The van der Waals surface area contributed by atoms with Crippen LogP contribution in [0.15, 0.2) is 12.3 Å². The highest BCUT2D eigenvalue weighted by atomic mass is 31.2. The molecule has 9 heteroatoms. The van der Waals surface area contributed by atoms with E-state index in [4.69, 9.17) is 14.9 Å². The largest absolute Gasteiger partial charge is 0.499 e. The molecular weight excluding hydrogens is 423 g/mol. The van der Waals surface area contributed by atoms with Crippen LogP contribution < -0.4 is 0 Å². The highest BCUT2D eigenvalue weighted by molar-refractivity contribution is 7.47. The molecule has 0 saturated heterocycles. The van der Waals surface area contributed by atoms with Crippen LogP contribution >= 0.6 is 7.82 Å². The summed E-state index contributed by atoms with van der Waals surface area (Å²) in [4.78, 5) is 9.37. The zero-order chi connectivity index (χ0) is 23.2. The molecule has 0 aromatic heterocycles. The maximum Gasteiger partial charge on any atom is 0.472 e. The van der Waals surface area contributed by atoms with E-state index in [9.17, 15) is 14.6 Å². The molecule has 0 fully saturated rings. The first-order valence-corrected chi connectivity index (χ1v) is 13.3. The fourth-order valence-electron chi connectivity index (χ4n) is 2.90. The van der Waals surface area contributed by atoms with Gasteiger partial charge >= 0.3 is 7.82 Å². The van der Waals surface area contributed by atoms with E-state index in [1.54, 1.807) is 0 Å². The Morgan fingerprint density at radius 3 is 1.77 bits per heavy atom. The van der Waals surface area contributed by atoms with Gasteiger partial charge in [0.1, 0.15) is 18.8 Å². The van der Waals surface area contributed by atoms with Crippen molar-refractivity contribution in [2.45, 2.75) is 103 Å². The van der Waals surface area contributed by atoms with E-state index in [1.165, 1.54) is 76.9 Å². The molecule has 31 heavy (non-hydrogen) atoms. The van der Waals surface area contributed by atoms with E-state index in [2.05, 4.69) is 16.0 Å². The van der Waals surface area contributed by atoms with Gasteiger partial charge in [-0.25, -0.2) is 4.57 Å². The van der Waals surface area contributed by atoms with Gasteiger partial charge in [0.25, 0.3) is 0 Å². The smallest absolute Gasteiger partial charge is 0.472 e. The predicted octanol–water partition coefficient (Wildman–Crippen LogP) is 4.46. The fraction of sp³-hybridized carbons (Fsp3) is 0.909. The Morgan fingerprint density at radius 2 is 1.26 bits per heavy atom. The van der Waals surface area contributed by atoms with Crippen molar-refractivity contribution in [2.75, 3.05) is 26.4 Å². The van der Waals surface area contributed by atoms with Crippen molar-refractivity contribution in [3.8, 4) is 0 Å². The van der Waals surface area contributed by atoms with Gasteiger partial charge in [0, 0.05) is 0 Å². The molecule has 1 unspecified atom stereocenters. The highest BCUT2D eigenvalue weighted by Gasteiger charge is 2.24. The highest BCUT2D eigenvalue weighted by Crippen LogP contribution is 2.43. The van der Waals surface area contributed by atoms with E-state index >= 15 is 0 Å². The van der Waals surface area contributed by atoms with Crippen LogP contribution in [-0.2, 0) is 18.3 Å². The van der Waals surface area contributed by atoms with Gasteiger partial charge in [-0.15, -0.1) is 0 Å². The Balaban J connectivity index is 3.47. The van der Waals surface area contributed by atoms with E-state index in [-0.39, 0.29) is 6.61 Å². The van der Waals surface area contributed by atoms with Crippen LogP contribution in [0.5, 0.6) is 0 Å². The standard InChI is InChI=1S/C22H45O8P/c1-2-3-4-5-6-7-8-9-10-11-12-13-14-15-16-28-18-22(25)20-30-31(26,27)29-19-21(24)17-23/h15-16,21-25H,2-14,17-20H2,1H3,(H,26,27)/b16-15-/t21-,22+/m0/s1. The lowest BCUT2D eigenvalue weighted by molar-refractivity contribution is 0.0136. The molecule has 186 valence electrons. The number of hydrogen-bond acceptors (Lipinski definition) is 7. The molecule has 8 nitrogen and oxygen atoms in total. The van der Waals surface area contributed by atoms with Crippen molar-refractivity contribution in [3.05, 3.63) is 12.3 Å². The maximum atomic E-state index is 11.5. The number of unbranched alkanes of at least 4 members (excludes halogenated alkanes) is 12. The first kappa shape index (κ1) is 30.5. The third-order valence-corrected chi connectivity index (χ3v) is 5.73. The summed E-state index contributed by atoms with van der Waals surface area (Å²) in [6.45, 7) is 0.586. The number of aliphatic hydroxyl groups excluding tert-OH is 3. The number of phosphoric acid groups is 1. The summed E-state index contributed by atoms with van der Waals surface area (Å²) >= 11 is 0. The zero-order valence-corrected chi connectivity index (χ0v) is 20.1. The normalized spacial score (nSPS) is 15.8. The van der Waals surface area contributed by atoms with Gasteiger partial charge in [0.15, 0.2) is 0 Å². The summed E-state index contributed by atoms with van der Waals surface area (Å²) in [5.74, 6) is 0. The summed E-state index contributed by atoms with van der Waals surface area (Å²) in [7, 11) is -4.39. The molecule has 0 aliphatic rings. The molecule has 0 rings (SSSR count). The first-order valence-electron chi connectivity index (χ1n) is 11.8. The number of aliphatic hydroxyl groups is 3. The molecular formula is C22H45O8P. The van der Waals surface area contributed by atoms with Crippen molar-refractivity contribution >= 4 is 7.82 Å². The molecule has 0 amide bonds. The monoisotopic (exact) mass is 468 g/mol. The lowest BCUT2D eigenvalue weighted by Crippen LogP contribution is -2.22. The average molecular weight is 469 g/mol. The van der Waals surface area contributed by atoms with Crippen molar-refractivity contribution in [2.24, 2.45) is 0 Å². The molecule has 4 N–H and O–H groups in total. The third kappa shape index (κ3) is 22.5. The van der Waals surface area contributed by atoms with Crippen LogP contribution in [-0.4, -0.2) is 58.8 Å². The average Bonchev–Trinajstić information content (AvgIpc) is 2.76. The van der Waals surface area contributed by atoms with Crippen molar-refractivity contribution in [3.63, 3.8) is 0 Å². The molecule has 3 atom stereocenters. The molecule has 0 aliphatic heterocycles. The van der Waals surface area contributed by atoms with Gasteiger partial charge in [-0.1, -0.05) is 77.6 Å². The zero-order valence-electron chi connectivity index (χ0n) is 19.2. The first-order chi connectivity index (χ1) is 14.9. The Bertz CT molecular complexity index is 461. The van der Waals surface area contributed by atoms with Crippen LogP contribution in [0.4, 0.5) is 0 Å². The molecule has 0 spiro atoms. The van der Waals surface area contributed by atoms with Crippen molar-refractivity contribution < 1.29 is 38.6 Å². The Kier molecular flexibility index (Phi) is 21.1. The second kappa shape index (κ2) is 21.4. The Morgan fingerprint density at radius 1 is 0.774 bits per heavy atom. The molecule has 0 radical (unpaired) electrons. The number of rotatable bonds is 23. The van der Waals surface area contributed by atoms with Gasteiger partial charge in [0.2, 0.25) is 0 Å². The van der Waals surface area contributed by atoms with Crippen LogP contribution in [0.25, 0.3) is 0 Å². The lowest BCUT2D eigenvalue weighted by atomic mass is 10.0. The van der Waals surface area contributed by atoms with Crippen molar-refractivity contribution in [1.82, 2.24) is 0 Å². The van der Waals surface area contributed by atoms with Crippen LogP contribution in [0.1, 0.15) is 90.4 Å². The van der Waals surface area contributed by atoms with Gasteiger partial charge in [-0.2, -0.15) is 0 Å². The van der Waals surface area contributed by atoms with Crippen LogP contribution in [0.3, 0.4) is 0 Å². The summed E-state index contributed by atoms with van der Waals surface area (Å²) < 4.78 is 25.8. The maximum absolute atomic E-state index is 11.5. The van der Waals surface area contributed by atoms with Crippen LogP contribution in [0, 0.1) is 0 Å². The topological polar surface area (TPSA) is 126 Å². The third-order valence-electron chi connectivity index (χ3n) is 4.78. The van der Waals surface area contributed by atoms with Gasteiger partial charge in [-0.05, 0) is 18.9 Å². The Labute approximate surface area is 188 Å². The minimum atomic E-state index is -4.39. The second-order valence-corrected chi connectivity index (χ2v) is 9.39.